The van der Waals surface area contributed by atoms with Gasteiger partial charge >= 0.3 is 17.9 Å². The fraction of sp³-hybridized carbons (Fsp3) is 0.945. The Morgan fingerprint density at radius 1 is 0.328 bits per heavy atom. The molecule has 0 rings (SSSR count). The molecule has 6 heteroatoms. The van der Waals surface area contributed by atoms with E-state index in [1.54, 1.807) is 0 Å². The molecule has 0 aromatic carbocycles. The molecule has 0 spiro atoms. The maximum atomic E-state index is 12.7. The lowest BCUT2D eigenvalue weighted by Crippen LogP contribution is -2.30. The van der Waals surface area contributed by atoms with Crippen LogP contribution in [0.2, 0.25) is 0 Å². The van der Waals surface area contributed by atoms with Crippen molar-refractivity contribution in [1.29, 1.82) is 0 Å². The summed E-state index contributed by atoms with van der Waals surface area (Å²) in [5.41, 5.74) is 0. The zero-order valence-corrected chi connectivity index (χ0v) is 41.6. The van der Waals surface area contributed by atoms with Crippen LogP contribution in [-0.4, -0.2) is 37.2 Å². The molecule has 362 valence electrons. The summed E-state index contributed by atoms with van der Waals surface area (Å²) in [6.45, 7) is 9.04. The average molecular weight is 863 g/mol. The molecule has 0 bridgehead atoms. The lowest BCUT2D eigenvalue weighted by Gasteiger charge is -2.18. The van der Waals surface area contributed by atoms with Crippen molar-refractivity contribution in [2.75, 3.05) is 13.2 Å². The summed E-state index contributed by atoms with van der Waals surface area (Å²) in [6.07, 6.45) is 52.5. The molecule has 0 saturated carbocycles. The van der Waals surface area contributed by atoms with Crippen LogP contribution in [0.5, 0.6) is 0 Å². The standard InChI is InChI=1S/C55H106O6/c1-5-8-10-12-14-15-16-17-18-19-20-21-25-28-31-35-38-42-46-53(56)59-49-52(61-55(58)48-44-40-33-13-11-9-6-2)50-60-54(57)47-43-39-36-32-29-26-23-22-24-27-30-34-37-41-45-51(4)7-3/h51-52H,5-50H2,1-4H3/t51?,52-/m1/s1. The Hall–Kier alpha value is -1.59. The first-order chi connectivity index (χ1) is 29.9. The molecule has 0 heterocycles. The largest absolute Gasteiger partial charge is 0.462 e. The normalized spacial score (nSPS) is 12.4. The SMILES string of the molecule is CCCCCCCCCCCCCCCCCCCCC(=O)OC[C@H](COC(=O)CCCCCCCCCCCCCCCCC(C)CC)OC(=O)CCCCCCCCC. The van der Waals surface area contributed by atoms with E-state index < -0.39 is 6.10 Å². The Bertz CT molecular complexity index is 920. The highest BCUT2D eigenvalue weighted by Gasteiger charge is 2.19. The minimum absolute atomic E-state index is 0.0631. The molecule has 0 radical (unpaired) electrons. The van der Waals surface area contributed by atoms with Crippen LogP contribution in [-0.2, 0) is 28.6 Å². The van der Waals surface area contributed by atoms with Crippen LogP contribution in [0.15, 0.2) is 0 Å². The number of carbonyl (C=O) groups is 3. The van der Waals surface area contributed by atoms with Crippen molar-refractivity contribution in [2.45, 2.75) is 316 Å². The smallest absolute Gasteiger partial charge is 0.306 e. The molecule has 0 aromatic heterocycles. The Balaban J connectivity index is 4.12. The molecule has 6 nitrogen and oxygen atoms in total. The molecule has 0 fully saturated rings. The van der Waals surface area contributed by atoms with Crippen LogP contribution in [0, 0.1) is 5.92 Å². The summed E-state index contributed by atoms with van der Waals surface area (Å²) in [7, 11) is 0. The molecule has 0 aliphatic rings. The predicted octanol–water partition coefficient (Wildman–Crippen LogP) is 17.8. The molecule has 0 saturated heterocycles. The number of esters is 3. The van der Waals surface area contributed by atoms with Crippen molar-refractivity contribution in [3.05, 3.63) is 0 Å². The van der Waals surface area contributed by atoms with Gasteiger partial charge in [0.1, 0.15) is 13.2 Å². The van der Waals surface area contributed by atoms with Crippen LogP contribution in [0.25, 0.3) is 0 Å². The Morgan fingerprint density at radius 2 is 0.574 bits per heavy atom. The number of unbranched alkanes of at least 4 members (excludes halogenated alkanes) is 36. The number of rotatable bonds is 50. The molecule has 0 N–H and O–H groups in total. The third kappa shape index (κ3) is 47.7. The maximum Gasteiger partial charge on any atom is 0.306 e. The number of ether oxygens (including phenoxy) is 3. The summed E-state index contributed by atoms with van der Waals surface area (Å²) >= 11 is 0. The highest BCUT2D eigenvalue weighted by molar-refractivity contribution is 5.71. The van der Waals surface area contributed by atoms with Crippen molar-refractivity contribution in [1.82, 2.24) is 0 Å². The van der Waals surface area contributed by atoms with E-state index in [1.807, 2.05) is 0 Å². The monoisotopic (exact) mass is 863 g/mol. The van der Waals surface area contributed by atoms with Crippen molar-refractivity contribution in [2.24, 2.45) is 5.92 Å². The Morgan fingerprint density at radius 3 is 0.852 bits per heavy atom. The van der Waals surface area contributed by atoms with Gasteiger partial charge in [0, 0.05) is 19.3 Å². The molecular formula is C55H106O6. The highest BCUT2D eigenvalue weighted by Crippen LogP contribution is 2.18. The van der Waals surface area contributed by atoms with E-state index in [2.05, 4.69) is 27.7 Å². The molecular weight excluding hydrogens is 757 g/mol. The van der Waals surface area contributed by atoms with E-state index in [0.717, 1.165) is 63.7 Å². The molecule has 0 amide bonds. The van der Waals surface area contributed by atoms with Crippen LogP contribution in [0.3, 0.4) is 0 Å². The fourth-order valence-electron chi connectivity index (χ4n) is 8.36. The molecule has 2 atom stereocenters. The summed E-state index contributed by atoms with van der Waals surface area (Å²) in [5, 5.41) is 0. The van der Waals surface area contributed by atoms with Crippen molar-refractivity contribution < 1.29 is 28.6 Å². The zero-order chi connectivity index (χ0) is 44.5. The van der Waals surface area contributed by atoms with Crippen LogP contribution in [0.1, 0.15) is 310 Å². The van der Waals surface area contributed by atoms with Crippen molar-refractivity contribution in [3.8, 4) is 0 Å². The predicted molar refractivity (Wildman–Crippen MR) is 261 cm³/mol. The third-order valence-corrected chi connectivity index (χ3v) is 12.9. The molecule has 0 aliphatic heterocycles. The zero-order valence-electron chi connectivity index (χ0n) is 41.6. The van der Waals surface area contributed by atoms with Crippen molar-refractivity contribution >= 4 is 17.9 Å². The van der Waals surface area contributed by atoms with E-state index in [1.165, 1.54) is 205 Å². The molecule has 0 aliphatic carbocycles. The summed E-state index contributed by atoms with van der Waals surface area (Å²) in [6, 6.07) is 0. The first kappa shape index (κ1) is 59.4. The molecule has 1 unspecified atom stereocenters. The second-order valence-electron chi connectivity index (χ2n) is 19.1. The van der Waals surface area contributed by atoms with Gasteiger partial charge in [-0.25, -0.2) is 0 Å². The number of carbonyl (C=O) groups excluding carboxylic acids is 3. The van der Waals surface area contributed by atoms with Gasteiger partial charge in [0.2, 0.25) is 0 Å². The van der Waals surface area contributed by atoms with Gasteiger partial charge in [-0.2, -0.15) is 0 Å². The average Bonchev–Trinajstić information content (AvgIpc) is 3.26. The van der Waals surface area contributed by atoms with Gasteiger partial charge < -0.3 is 14.2 Å². The first-order valence-corrected chi connectivity index (χ1v) is 27.4. The van der Waals surface area contributed by atoms with Gasteiger partial charge in [-0.3, -0.25) is 14.4 Å². The third-order valence-electron chi connectivity index (χ3n) is 12.9. The topological polar surface area (TPSA) is 78.9 Å². The second-order valence-corrected chi connectivity index (χ2v) is 19.1. The van der Waals surface area contributed by atoms with Crippen molar-refractivity contribution in [3.63, 3.8) is 0 Å². The van der Waals surface area contributed by atoms with E-state index in [0.29, 0.717) is 19.3 Å². The van der Waals surface area contributed by atoms with Gasteiger partial charge in [-0.05, 0) is 25.2 Å². The number of hydrogen-bond donors (Lipinski definition) is 0. The molecule has 0 aromatic rings. The van der Waals surface area contributed by atoms with Gasteiger partial charge in [0.25, 0.3) is 0 Å². The lowest BCUT2D eigenvalue weighted by atomic mass is 9.99. The summed E-state index contributed by atoms with van der Waals surface area (Å²) < 4.78 is 16.8. The van der Waals surface area contributed by atoms with E-state index in [-0.39, 0.29) is 31.1 Å². The van der Waals surface area contributed by atoms with Gasteiger partial charge in [-0.1, -0.05) is 272 Å². The van der Waals surface area contributed by atoms with E-state index >= 15 is 0 Å². The first-order valence-electron chi connectivity index (χ1n) is 27.4. The van der Waals surface area contributed by atoms with Crippen LogP contribution < -0.4 is 0 Å². The van der Waals surface area contributed by atoms with Crippen LogP contribution in [0.4, 0.5) is 0 Å². The van der Waals surface area contributed by atoms with Gasteiger partial charge in [-0.15, -0.1) is 0 Å². The molecule has 61 heavy (non-hydrogen) atoms. The highest BCUT2D eigenvalue weighted by atomic mass is 16.6. The summed E-state index contributed by atoms with van der Waals surface area (Å²) in [5.74, 6) is 0.0478. The lowest BCUT2D eigenvalue weighted by molar-refractivity contribution is -0.167. The van der Waals surface area contributed by atoms with Crippen LogP contribution >= 0.6 is 0 Å². The minimum atomic E-state index is -0.759. The Kier molecular flexibility index (Phi) is 48.1. The second kappa shape index (κ2) is 49.4. The maximum absolute atomic E-state index is 12.7. The fourth-order valence-corrected chi connectivity index (χ4v) is 8.36. The van der Waals surface area contributed by atoms with E-state index in [4.69, 9.17) is 14.2 Å². The van der Waals surface area contributed by atoms with E-state index in [9.17, 15) is 14.4 Å². The quantitative estimate of drug-likeness (QED) is 0.0344. The van der Waals surface area contributed by atoms with Gasteiger partial charge in [0.05, 0.1) is 0 Å². The Labute approximate surface area is 380 Å². The number of hydrogen-bond acceptors (Lipinski definition) is 6. The van der Waals surface area contributed by atoms with Gasteiger partial charge in [0.15, 0.2) is 6.10 Å². The minimum Gasteiger partial charge on any atom is -0.462 e. The summed E-state index contributed by atoms with van der Waals surface area (Å²) in [4.78, 5) is 37.8.